The molecule has 0 aromatic carbocycles. The van der Waals surface area contributed by atoms with E-state index in [1.165, 1.54) is 0 Å². The number of hydrogen-bond acceptors (Lipinski definition) is 4. The summed E-state index contributed by atoms with van der Waals surface area (Å²) in [5, 5.41) is 4.18. The van der Waals surface area contributed by atoms with Gasteiger partial charge in [-0.2, -0.15) is 5.10 Å². The molecule has 104 valence electrons. The quantitative estimate of drug-likeness (QED) is 0.824. The van der Waals surface area contributed by atoms with Crippen LogP contribution >= 0.6 is 0 Å². The first-order valence-corrected chi connectivity index (χ1v) is 6.79. The van der Waals surface area contributed by atoms with Crippen molar-refractivity contribution in [1.82, 2.24) is 24.6 Å². The van der Waals surface area contributed by atoms with E-state index in [1.807, 2.05) is 18.0 Å². The van der Waals surface area contributed by atoms with Crippen molar-refractivity contribution in [2.24, 2.45) is 7.05 Å². The fourth-order valence-electron chi connectivity index (χ4n) is 2.64. The minimum absolute atomic E-state index is 0.00403. The van der Waals surface area contributed by atoms with E-state index in [9.17, 15) is 4.79 Å². The largest absolute Gasteiger partial charge is 0.337 e. The van der Waals surface area contributed by atoms with Crippen LogP contribution in [0.25, 0.3) is 0 Å². The average Bonchev–Trinajstić information content (AvgIpc) is 2.94. The van der Waals surface area contributed by atoms with Crippen LogP contribution in [-0.2, 0) is 7.05 Å². The zero-order valence-electron chi connectivity index (χ0n) is 11.4. The summed E-state index contributed by atoms with van der Waals surface area (Å²) in [4.78, 5) is 22.5. The van der Waals surface area contributed by atoms with E-state index in [4.69, 9.17) is 0 Å². The molecule has 0 spiro atoms. The highest BCUT2D eigenvalue weighted by Crippen LogP contribution is 2.25. The van der Waals surface area contributed by atoms with Crippen molar-refractivity contribution in [2.45, 2.75) is 18.8 Å². The number of hydrogen-bond donors (Lipinski definition) is 0. The van der Waals surface area contributed by atoms with Gasteiger partial charge < -0.3 is 4.90 Å². The third-order valence-corrected chi connectivity index (χ3v) is 3.66. The topological polar surface area (TPSA) is 63.9 Å². The summed E-state index contributed by atoms with van der Waals surface area (Å²) in [5.41, 5.74) is 1.52. The Morgan fingerprint density at radius 2 is 2.30 bits per heavy atom. The number of carbonyl (C=O) groups excluding carboxylic acids is 1. The van der Waals surface area contributed by atoms with Gasteiger partial charge in [0.2, 0.25) is 0 Å². The van der Waals surface area contributed by atoms with Gasteiger partial charge in [0, 0.05) is 44.1 Å². The van der Waals surface area contributed by atoms with Gasteiger partial charge in [-0.15, -0.1) is 0 Å². The number of aromatic nitrogens is 4. The number of aryl methyl sites for hydroxylation is 1. The Labute approximate surface area is 117 Å². The van der Waals surface area contributed by atoms with Crippen molar-refractivity contribution < 1.29 is 4.79 Å². The molecule has 1 unspecified atom stereocenters. The van der Waals surface area contributed by atoms with Gasteiger partial charge in [-0.25, -0.2) is 9.97 Å². The van der Waals surface area contributed by atoms with Crippen molar-refractivity contribution in [1.29, 1.82) is 0 Å². The van der Waals surface area contributed by atoms with Crippen LogP contribution in [-0.4, -0.2) is 43.6 Å². The lowest BCUT2D eigenvalue weighted by atomic mass is 9.94. The van der Waals surface area contributed by atoms with Gasteiger partial charge in [0.25, 0.3) is 5.91 Å². The number of piperidine rings is 1. The lowest BCUT2D eigenvalue weighted by molar-refractivity contribution is 0.0699. The monoisotopic (exact) mass is 271 g/mol. The highest BCUT2D eigenvalue weighted by molar-refractivity contribution is 5.92. The van der Waals surface area contributed by atoms with Crippen molar-refractivity contribution in [3.8, 4) is 0 Å². The summed E-state index contributed by atoms with van der Waals surface area (Å²) < 4.78 is 1.65. The first-order valence-electron chi connectivity index (χ1n) is 6.79. The second-order valence-corrected chi connectivity index (χ2v) is 5.10. The molecule has 1 atom stereocenters. The highest BCUT2D eigenvalue weighted by Gasteiger charge is 2.27. The molecular formula is C14H17N5O. The number of amides is 1. The zero-order chi connectivity index (χ0) is 13.9. The van der Waals surface area contributed by atoms with Gasteiger partial charge in [-0.3, -0.25) is 9.48 Å². The third kappa shape index (κ3) is 2.54. The van der Waals surface area contributed by atoms with Gasteiger partial charge >= 0.3 is 0 Å². The Kier molecular flexibility index (Phi) is 3.45. The Morgan fingerprint density at radius 3 is 3.00 bits per heavy atom. The summed E-state index contributed by atoms with van der Waals surface area (Å²) in [6.45, 7) is 1.49. The lowest BCUT2D eigenvalue weighted by Gasteiger charge is -2.32. The van der Waals surface area contributed by atoms with Gasteiger partial charge in [0.15, 0.2) is 0 Å². The van der Waals surface area contributed by atoms with Crippen molar-refractivity contribution in [3.05, 3.63) is 42.2 Å². The van der Waals surface area contributed by atoms with Crippen LogP contribution in [0, 0.1) is 0 Å². The molecule has 0 N–H and O–H groups in total. The maximum atomic E-state index is 12.4. The van der Waals surface area contributed by atoms with Crippen molar-refractivity contribution >= 4 is 5.91 Å². The minimum Gasteiger partial charge on any atom is -0.337 e. The third-order valence-electron chi connectivity index (χ3n) is 3.66. The molecule has 1 aliphatic heterocycles. The SMILES string of the molecule is Cn1ccc(C(=O)N2CCCC(c3ccncn3)C2)n1. The fraction of sp³-hybridized carbons (Fsp3) is 0.429. The maximum Gasteiger partial charge on any atom is 0.274 e. The van der Waals surface area contributed by atoms with E-state index in [0.29, 0.717) is 18.2 Å². The Bertz CT molecular complexity index is 595. The average molecular weight is 271 g/mol. The van der Waals surface area contributed by atoms with Gasteiger partial charge in [0.05, 0.1) is 0 Å². The first kappa shape index (κ1) is 12.8. The molecule has 1 aliphatic rings. The molecule has 0 aliphatic carbocycles. The predicted octanol–water partition coefficient (Wildman–Crippen LogP) is 1.23. The molecule has 0 bridgehead atoms. The molecule has 3 heterocycles. The molecule has 0 radical (unpaired) electrons. The lowest BCUT2D eigenvalue weighted by Crippen LogP contribution is -2.39. The molecule has 3 rings (SSSR count). The fourth-order valence-corrected chi connectivity index (χ4v) is 2.64. The van der Waals surface area contributed by atoms with Crippen LogP contribution in [0.1, 0.15) is 34.9 Å². The predicted molar refractivity (Wildman–Crippen MR) is 73.1 cm³/mol. The highest BCUT2D eigenvalue weighted by atomic mass is 16.2. The second kappa shape index (κ2) is 5.40. The number of carbonyl (C=O) groups is 1. The maximum absolute atomic E-state index is 12.4. The first-order chi connectivity index (χ1) is 9.74. The Hall–Kier alpha value is -2.24. The van der Waals surface area contributed by atoms with Crippen LogP contribution in [0.5, 0.6) is 0 Å². The van der Waals surface area contributed by atoms with E-state index < -0.39 is 0 Å². The molecule has 0 saturated carbocycles. The van der Waals surface area contributed by atoms with Crippen LogP contribution in [0.4, 0.5) is 0 Å². The number of nitrogens with zero attached hydrogens (tertiary/aromatic N) is 5. The van der Waals surface area contributed by atoms with E-state index >= 15 is 0 Å². The summed E-state index contributed by atoms with van der Waals surface area (Å²) in [7, 11) is 1.82. The molecule has 1 fully saturated rings. The number of rotatable bonds is 2. The number of likely N-dealkylation sites (tertiary alicyclic amines) is 1. The van der Waals surface area contributed by atoms with Gasteiger partial charge in [-0.1, -0.05) is 0 Å². The molecule has 2 aromatic heterocycles. The van der Waals surface area contributed by atoms with Crippen LogP contribution in [0.15, 0.2) is 30.9 Å². The van der Waals surface area contributed by atoms with Crippen LogP contribution in [0.2, 0.25) is 0 Å². The summed E-state index contributed by atoms with van der Waals surface area (Å²) >= 11 is 0. The Morgan fingerprint density at radius 1 is 1.40 bits per heavy atom. The molecule has 20 heavy (non-hydrogen) atoms. The smallest absolute Gasteiger partial charge is 0.274 e. The van der Waals surface area contributed by atoms with Crippen molar-refractivity contribution in [2.75, 3.05) is 13.1 Å². The van der Waals surface area contributed by atoms with Gasteiger partial charge in [-0.05, 0) is 25.0 Å². The molecule has 6 nitrogen and oxygen atoms in total. The zero-order valence-corrected chi connectivity index (χ0v) is 11.4. The van der Waals surface area contributed by atoms with Gasteiger partial charge in [0.1, 0.15) is 12.0 Å². The second-order valence-electron chi connectivity index (χ2n) is 5.10. The Balaban J connectivity index is 1.74. The molecule has 6 heteroatoms. The van der Waals surface area contributed by atoms with Crippen molar-refractivity contribution in [3.63, 3.8) is 0 Å². The van der Waals surface area contributed by atoms with Crippen LogP contribution < -0.4 is 0 Å². The van der Waals surface area contributed by atoms with E-state index in [0.717, 1.165) is 25.1 Å². The molecular weight excluding hydrogens is 254 g/mol. The van der Waals surface area contributed by atoms with E-state index in [1.54, 1.807) is 29.5 Å². The molecule has 1 amide bonds. The minimum atomic E-state index is 0.00403. The summed E-state index contributed by atoms with van der Waals surface area (Å²) in [6, 6.07) is 3.69. The van der Waals surface area contributed by atoms with E-state index in [-0.39, 0.29) is 5.91 Å². The normalized spacial score (nSPS) is 19.1. The van der Waals surface area contributed by atoms with E-state index in [2.05, 4.69) is 15.1 Å². The standard InChI is InChI=1S/C14H17N5O/c1-18-8-5-13(17-18)14(20)19-7-2-3-11(9-19)12-4-6-15-10-16-12/h4-6,8,10-11H,2-3,7,9H2,1H3. The van der Waals surface area contributed by atoms with Crippen LogP contribution in [0.3, 0.4) is 0 Å². The summed E-state index contributed by atoms with van der Waals surface area (Å²) in [6.07, 6.45) is 7.16. The summed E-state index contributed by atoms with van der Waals surface area (Å²) in [5.74, 6) is 0.295. The molecule has 2 aromatic rings. The molecule has 1 saturated heterocycles.